The van der Waals surface area contributed by atoms with Gasteiger partial charge in [0.25, 0.3) is 0 Å². The van der Waals surface area contributed by atoms with Crippen LogP contribution in [-0.4, -0.2) is 21.1 Å². The number of aromatic nitrogens is 2. The van der Waals surface area contributed by atoms with Crippen LogP contribution in [0, 0.1) is 13.8 Å². The van der Waals surface area contributed by atoms with Gasteiger partial charge in [0.05, 0.1) is 5.69 Å². The molecule has 4 aromatic rings. The summed E-state index contributed by atoms with van der Waals surface area (Å²) in [7, 11) is 0. The summed E-state index contributed by atoms with van der Waals surface area (Å²) in [4.78, 5) is 29.2. The number of anilines is 1. The van der Waals surface area contributed by atoms with E-state index in [1.54, 1.807) is 12.1 Å². The van der Waals surface area contributed by atoms with Gasteiger partial charge in [0.15, 0.2) is 5.78 Å². The molecule has 4 rings (SSSR count). The highest BCUT2D eigenvalue weighted by atomic mass is 16.5. The molecule has 0 atom stereocenters. The molecule has 0 aliphatic carbocycles. The second-order valence-electron chi connectivity index (χ2n) is 7.79. The maximum Gasteiger partial charge on any atom is 0.224 e. The number of rotatable bonds is 8. The van der Waals surface area contributed by atoms with Gasteiger partial charge in [0, 0.05) is 42.6 Å². The van der Waals surface area contributed by atoms with Crippen molar-refractivity contribution in [2.75, 3.05) is 5.32 Å². The number of carbonyl (C=O) groups excluding carboxylic acids is 2. The molecule has 0 aliphatic rings. The Balaban J connectivity index is 1.30. The Morgan fingerprint density at radius 2 is 1.84 bits per heavy atom. The quantitative estimate of drug-likeness (QED) is 0.396. The van der Waals surface area contributed by atoms with E-state index in [1.165, 1.54) is 0 Å². The van der Waals surface area contributed by atoms with Crippen LogP contribution in [0.5, 0.6) is 5.75 Å². The molecule has 0 saturated carbocycles. The summed E-state index contributed by atoms with van der Waals surface area (Å²) in [6.07, 6.45) is 4.15. The molecule has 0 unspecified atom stereocenters. The van der Waals surface area contributed by atoms with Crippen LogP contribution in [-0.2, 0) is 11.4 Å². The number of benzene rings is 2. The van der Waals surface area contributed by atoms with Crippen LogP contribution >= 0.6 is 0 Å². The lowest BCUT2D eigenvalue weighted by Gasteiger charge is -2.09. The third-order valence-electron chi connectivity index (χ3n) is 5.33. The van der Waals surface area contributed by atoms with Gasteiger partial charge in [0.2, 0.25) is 5.91 Å². The van der Waals surface area contributed by atoms with E-state index in [-0.39, 0.29) is 24.5 Å². The van der Waals surface area contributed by atoms with Gasteiger partial charge in [-0.1, -0.05) is 24.3 Å². The predicted octanol–water partition coefficient (Wildman–Crippen LogP) is 5.13. The number of amides is 1. The normalized spacial score (nSPS) is 10.8. The molecule has 0 aliphatic heterocycles. The van der Waals surface area contributed by atoms with E-state index in [1.807, 2.05) is 79.2 Å². The van der Waals surface area contributed by atoms with Crippen LogP contribution in [0.1, 0.15) is 40.0 Å². The number of nitrogens with one attached hydrogen (secondary N) is 1. The van der Waals surface area contributed by atoms with E-state index in [4.69, 9.17) is 4.74 Å². The summed E-state index contributed by atoms with van der Waals surface area (Å²) in [5.74, 6) is 0.388. The van der Waals surface area contributed by atoms with Crippen LogP contribution in [0.25, 0.3) is 5.65 Å². The zero-order valence-corrected chi connectivity index (χ0v) is 18.2. The molecule has 0 bridgehead atoms. The Hall–Kier alpha value is -3.93. The van der Waals surface area contributed by atoms with Gasteiger partial charge in [-0.15, -0.1) is 0 Å². The fourth-order valence-electron chi connectivity index (χ4n) is 3.39. The van der Waals surface area contributed by atoms with Crippen molar-refractivity contribution in [1.29, 1.82) is 0 Å². The molecule has 1 N–H and O–H groups in total. The molecule has 6 heteroatoms. The molecule has 1 amide bonds. The Labute approximate surface area is 186 Å². The van der Waals surface area contributed by atoms with Gasteiger partial charge in [-0.25, -0.2) is 4.98 Å². The van der Waals surface area contributed by atoms with Crippen molar-refractivity contribution in [2.24, 2.45) is 0 Å². The van der Waals surface area contributed by atoms with Gasteiger partial charge < -0.3 is 14.5 Å². The lowest BCUT2D eigenvalue weighted by molar-refractivity contribution is -0.116. The van der Waals surface area contributed by atoms with Crippen molar-refractivity contribution in [3.05, 3.63) is 95.4 Å². The number of ketones is 1. The fraction of sp³-hybridized carbons (Fsp3) is 0.192. The summed E-state index contributed by atoms with van der Waals surface area (Å²) in [6.45, 7) is 4.30. The lowest BCUT2D eigenvalue weighted by atomic mass is 10.0. The zero-order valence-electron chi connectivity index (χ0n) is 18.2. The first kappa shape index (κ1) is 21.3. The molecule has 6 nitrogen and oxygen atoms in total. The number of aryl methyl sites for hydroxylation is 2. The average molecular weight is 428 g/mol. The van der Waals surface area contributed by atoms with Gasteiger partial charge in [-0.05, 0) is 55.3 Å². The number of hydrogen-bond acceptors (Lipinski definition) is 4. The Kier molecular flexibility index (Phi) is 6.31. The highest BCUT2D eigenvalue weighted by molar-refractivity contribution is 6.00. The lowest BCUT2D eigenvalue weighted by Crippen LogP contribution is -2.13. The number of imidazole rings is 1. The minimum atomic E-state index is -0.209. The van der Waals surface area contributed by atoms with Crippen molar-refractivity contribution < 1.29 is 14.3 Å². The molecule has 2 aromatic heterocycles. The minimum Gasteiger partial charge on any atom is -0.487 e. The van der Waals surface area contributed by atoms with Crippen molar-refractivity contribution in [3.63, 3.8) is 0 Å². The maximum atomic E-state index is 12.4. The highest BCUT2D eigenvalue weighted by Crippen LogP contribution is 2.19. The number of Topliss-reactive ketones (excluding diaryl/α,β-unsaturated/α-hetero) is 1. The number of ether oxygens (including phenoxy) is 1. The molecule has 162 valence electrons. The average Bonchev–Trinajstić information content (AvgIpc) is 3.21. The molecular formula is C26H25N3O3. The first-order valence-corrected chi connectivity index (χ1v) is 10.5. The Bertz CT molecular complexity index is 1240. The third kappa shape index (κ3) is 5.21. The molecule has 2 heterocycles. The number of fused-ring (bicyclic) bond motifs is 1. The predicted molar refractivity (Wildman–Crippen MR) is 124 cm³/mol. The van der Waals surface area contributed by atoms with E-state index in [2.05, 4.69) is 10.3 Å². The van der Waals surface area contributed by atoms with Gasteiger partial charge in [-0.2, -0.15) is 0 Å². The Morgan fingerprint density at radius 3 is 2.66 bits per heavy atom. The standard InChI is InChI=1S/C26H25N3O3/c1-18-9-10-20(14-19(18)2)24(30)11-12-26(31)28-21-6-5-7-23(15-21)32-17-22-16-29-13-4-3-8-25(29)27-22/h3-10,13-16H,11-12,17H2,1-2H3,(H,28,31). The molecule has 0 saturated heterocycles. The fourth-order valence-corrected chi connectivity index (χ4v) is 3.39. The van der Waals surface area contributed by atoms with Crippen molar-refractivity contribution in [1.82, 2.24) is 9.38 Å². The first-order chi connectivity index (χ1) is 15.5. The van der Waals surface area contributed by atoms with Crippen LogP contribution in [0.15, 0.2) is 73.1 Å². The molecular weight excluding hydrogens is 402 g/mol. The first-order valence-electron chi connectivity index (χ1n) is 10.5. The van der Waals surface area contributed by atoms with Crippen molar-refractivity contribution >= 4 is 23.0 Å². The summed E-state index contributed by atoms with van der Waals surface area (Å²) < 4.78 is 7.78. The molecule has 0 fully saturated rings. The summed E-state index contributed by atoms with van der Waals surface area (Å²) >= 11 is 0. The molecule has 32 heavy (non-hydrogen) atoms. The zero-order chi connectivity index (χ0) is 22.5. The number of hydrogen-bond donors (Lipinski definition) is 1. The van der Waals surface area contributed by atoms with Crippen LogP contribution < -0.4 is 10.1 Å². The molecule has 2 aromatic carbocycles. The van der Waals surface area contributed by atoms with E-state index in [0.29, 0.717) is 23.6 Å². The van der Waals surface area contributed by atoms with E-state index >= 15 is 0 Å². The number of pyridine rings is 1. The monoisotopic (exact) mass is 427 g/mol. The molecule has 0 radical (unpaired) electrons. The summed E-state index contributed by atoms with van der Waals surface area (Å²) in [5.41, 5.74) is 5.16. The SMILES string of the molecule is Cc1ccc(C(=O)CCC(=O)Nc2cccc(OCc3cn4ccccc4n3)c2)cc1C. The van der Waals surface area contributed by atoms with Crippen molar-refractivity contribution in [2.45, 2.75) is 33.3 Å². The maximum absolute atomic E-state index is 12.4. The third-order valence-corrected chi connectivity index (χ3v) is 5.33. The van der Waals surface area contributed by atoms with E-state index in [0.717, 1.165) is 22.5 Å². The topological polar surface area (TPSA) is 72.7 Å². The minimum absolute atomic E-state index is 0.0345. The highest BCUT2D eigenvalue weighted by Gasteiger charge is 2.11. The van der Waals surface area contributed by atoms with Gasteiger partial charge in [0.1, 0.15) is 18.0 Å². The summed E-state index contributed by atoms with van der Waals surface area (Å²) in [6, 6.07) is 18.6. The second-order valence-corrected chi connectivity index (χ2v) is 7.79. The van der Waals surface area contributed by atoms with Crippen molar-refractivity contribution in [3.8, 4) is 5.75 Å². The van der Waals surface area contributed by atoms with E-state index < -0.39 is 0 Å². The molecule has 0 spiro atoms. The largest absolute Gasteiger partial charge is 0.487 e. The summed E-state index contributed by atoms with van der Waals surface area (Å²) in [5, 5.41) is 2.84. The smallest absolute Gasteiger partial charge is 0.224 e. The van der Waals surface area contributed by atoms with Gasteiger partial charge in [-0.3, -0.25) is 9.59 Å². The number of carbonyl (C=O) groups is 2. The van der Waals surface area contributed by atoms with E-state index in [9.17, 15) is 9.59 Å². The van der Waals surface area contributed by atoms with Crippen LogP contribution in [0.4, 0.5) is 5.69 Å². The second kappa shape index (κ2) is 9.47. The van der Waals surface area contributed by atoms with Crippen LogP contribution in [0.3, 0.4) is 0 Å². The van der Waals surface area contributed by atoms with Crippen LogP contribution in [0.2, 0.25) is 0 Å². The van der Waals surface area contributed by atoms with Gasteiger partial charge >= 0.3 is 0 Å². The Morgan fingerprint density at radius 1 is 0.969 bits per heavy atom. The number of nitrogens with zero attached hydrogens (tertiary/aromatic N) is 2.